The summed E-state index contributed by atoms with van der Waals surface area (Å²) in [7, 11) is 3.94. The summed E-state index contributed by atoms with van der Waals surface area (Å²) in [6, 6.07) is -0.0144. The molecule has 1 aromatic heterocycles. The quantitative estimate of drug-likeness (QED) is 0.715. The number of ether oxygens (including phenoxy) is 1. The van der Waals surface area contributed by atoms with Gasteiger partial charge in [-0.2, -0.15) is 0 Å². The Kier molecular flexibility index (Phi) is 3.52. The number of morpholine rings is 1. The summed E-state index contributed by atoms with van der Waals surface area (Å²) in [6.07, 6.45) is 2.71. The van der Waals surface area contributed by atoms with Crippen LogP contribution in [0.4, 0.5) is 0 Å². The van der Waals surface area contributed by atoms with Crippen LogP contribution in [0.25, 0.3) is 0 Å². The SMILES string of the molecule is CN1CCOC(C(N)Cc2cn(C)nn2)C1. The lowest BCUT2D eigenvalue weighted by Crippen LogP contribution is -2.50. The first kappa shape index (κ1) is 11.5. The largest absolute Gasteiger partial charge is 0.374 e. The Morgan fingerprint density at radius 3 is 3.06 bits per heavy atom. The van der Waals surface area contributed by atoms with Gasteiger partial charge in [0.15, 0.2) is 0 Å². The molecular formula is C10H19N5O. The molecule has 16 heavy (non-hydrogen) atoms. The van der Waals surface area contributed by atoms with Crippen molar-refractivity contribution in [1.29, 1.82) is 0 Å². The van der Waals surface area contributed by atoms with Crippen molar-refractivity contribution in [3.8, 4) is 0 Å². The van der Waals surface area contributed by atoms with Gasteiger partial charge >= 0.3 is 0 Å². The molecule has 0 bridgehead atoms. The van der Waals surface area contributed by atoms with Gasteiger partial charge in [0.1, 0.15) is 0 Å². The second kappa shape index (κ2) is 4.90. The molecule has 1 aliphatic rings. The number of nitrogens with zero attached hydrogens (tertiary/aromatic N) is 4. The van der Waals surface area contributed by atoms with Crippen molar-refractivity contribution < 1.29 is 4.74 Å². The summed E-state index contributed by atoms with van der Waals surface area (Å²) in [5.74, 6) is 0. The summed E-state index contributed by atoms with van der Waals surface area (Å²) >= 11 is 0. The zero-order chi connectivity index (χ0) is 11.5. The molecule has 90 valence electrons. The van der Waals surface area contributed by atoms with E-state index in [1.165, 1.54) is 0 Å². The van der Waals surface area contributed by atoms with E-state index in [9.17, 15) is 0 Å². The number of likely N-dealkylation sites (N-methyl/N-ethyl adjacent to an activating group) is 1. The van der Waals surface area contributed by atoms with Gasteiger partial charge < -0.3 is 15.4 Å². The first-order valence-electron chi connectivity index (χ1n) is 5.56. The van der Waals surface area contributed by atoms with E-state index < -0.39 is 0 Å². The predicted molar refractivity (Wildman–Crippen MR) is 59.9 cm³/mol. The molecule has 6 nitrogen and oxygen atoms in total. The minimum absolute atomic E-state index is 0.0144. The minimum Gasteiger partial charge on any atom is -0.374 e. The van der Waals surface area contributed by atoms with Crippen LogP contribution < -0.4 is 5.73 Å². The summed E-state index contributed by atoms with van der Waals surface area (Å²) in [4.78, 5) is 2.24. The Bertz CT molecular complexity index is 340. The summed E-state index contributed by atoms with van der Waals surface area (Å²) in [6.45, 7) is 2.63. The Morgan fingerprint density at radius 2 is 2.44 bits per heavy atom. The Morgan fingerprint density at radius 1 is 1.62 bits per heavy atom. The van der Waals surface area contributed by atoms with E-state index in [0.717, 1.165) is 25.4 Å². The number of rotatable bonds is 3. The Balaban J connectivity index is 1.89. The topological polar surface area (TPSA) is 69.2 Å². The van der Waals surface area contributed by atoms with Crippen LogP contribution in [0, 0.1) is 0 Å². The zero-order valence-electron chi connectivity index (χ0n) is 9.83. The Labute approximate surface area is 95.4 Å². The van der Waals surface area contributed by atoms with Crippen molar-refractivity contribution in [2.24, 2.45) is 12.8 Å². The average Bonchev–Trinajstić information content (AvgIpc) is 2.64. The van der Waals surface area contributed by atoms with Gasteiger partial charge in [-0.1, -0.05) is 5.21 Å². The van der Waals surface area contributed by atoms with Gasteiger partial charge in [-0.3, -0.25) is 4.68 Å². The zero-order valence-corrected chi connectivity index (χ0v) is 9.83. The van der Waals surface area contributed by atoms with Crippen molar-refractivity contribution >= 4 is 0 Å². The van der Waals surface area contributed by atoms with Crippen LogP contribution in [0.1, 0.15) is 5.69 Å². The third kappa shape index (κ3) is 2.78. The molecule has 0 spiro atoms. The standard InChI is InChI=1S/C10H19N5O/c1-14-3-4-16-10(7-14)9(11)5-8-6-15(2)13-12-8/h6,9-10H,3-5,7,11H2,1-2H3. The molecule has 1 aliphatic heterocycles. The van der Waals surface area contributed by atoms with E-state index in [1.54, 1.807) is 4.68 Å². The molecule has 1 fully saturated rings. The van der Waals surface area contributed by atoms with E-state index in [1.807, 2.05) is 13.2 Å². The summed E-state index contributed by atoms with van der Waals surface area (Å²) in [5, 5.41) is 7.92. The second-order valence-corrected chi connectivity index (χ2v) is 4.42. The normalized spacial score (nSPS) is 24.6. The molecule has 2 heterocycles. The van der Waals surface area contributed by atoms with Gasteiger partial charge in [0.05, 0.1) is 18.4 Å². The first-order chi connectivity index (χ1) is 7.65. The van der Waals surface area contributed by atoms with E-state index in [2.05, 4.69) is 22.3 Å². The monoisotopic (exact) mass is 225 g/mol. The van der Waals surface area contributed by atoms with Gasteiger partial charge in [-0.05, 0) is 7.05 Å². The van der Waals surface area contributed by atoms with E-state index in [0.29, 0.717) is 6.42 Å². The molecule has 0 saturated carbocycles. The van der Waals surface area contributed by atoms with Gasteiger partial charge in [0.25, 0.3) is 0 Å². The van der Waals surface area contributed by atoms with Gasteiger partial charge in [0.2, 0.25) is 0 Å². The van der Waals surface area contributed by atoms with Crippen LogP contribution >= 0.6 is 0 Å². The highest BCUT2D eigenvalue weighted by atomic mass is 16.5. The second-order valence-electron chi connectivity index (χ2n) is 4.42. The van der Waals surface area contributed by atoms with Crippen molar-refractivity contribution in [3.05, 3.63) is 11.9 Å². The highest BCUT2D eigenvalue weighted by Crippen LogP contribution is 2.09. The van der Waals surface area contributed by atoms with Crippen molar-refractivity contribution in [3.63, 3.8) is 0 Å². The maximum Gasteiger partial charge on any atom is 0.0856 e. The summed E-state index contributed by atoms with van der Waals surface area (Å²) < 4.78 is 7.36. The van der Waals surface area contributed by atoms with Crippen molar-refractivity contribution in [2.75, 3.05) is 26.7 Å². The van der Waals surface area contributed by atoms with Gasteiger partial charge in [-0.15, -0.1) is 5.10 Å². The maximum atomic E-state index is 6.12. The molecule has 1 saturated heterocycles. The molecule has 0 amide bonds. The van der Waals surface area contributed by atoms with Crippen molar-refractivity contribution in [1.82, 2.24) is 19.9 Å². The van der Waals surface area contributed by atoms with E-state index >= 15 is 0 Å². The smallest absolute Gasteiger partial charge is 0.0856 e. The van der Waals surface area contributed by atoms with E-state index in [-0.39, 0.29) is 12.1 Å². The third-order valence-electron chi connectivity index (χ3n) is 2.87. The maximum absolute atomic E-state index is 6.12. The lowest BCUT2D eigenvalue weighted by Gasteiger charge is -2.33. The molecule has 2 N–H and O–H groups in total. The van der Waals surface area contributed by atoms with Crippen LogP contribution in [0.5, 0.6) is 0 Å². The number of aryl methyl sites for hydroxylation is 1. The predicted octanol–water partition coefficient (Wildman–Crippen LogP) is -0.984. The van der Waals surface area contributed by atoms with Crippen LogP contribution in [0.2, 0.25) is 0 Å². The number of hydrogen-bond acceptors (Lipinski definition) is 5. The fraction of sp³-hybridized carbons (Fsp3) is 0.800. The molecule has 6 heteroatoms. The molecule has 2 unspecified atom stereocenters. The molecule has 2 atom stereocenters. The molecule has 0 radical (unpaired) electrons. The fourth-order valence-electron chi connectivity index (χ4n) is 1.93. The van der Waals surface area contributed by atoms with Crippen LogP contribution in [0.15, 0.2) is 6.20 Å². The van der Waals surface area contributed by atoms with Gasteiger partial charge in [-0.25, -0.2) is 0 Å². The number of hydrogen-bond donors (Lipinski definition) is 1. The van der Waals surface area contributed by atoms with Gasteiger partial charge in [0, 0.05) is 38.8 Å². The molecule has 1 aromatic rings. The average molecular weight is 225 g/mol. The lowest BCUT2D eigenvalue weighted by atomic mass is 10.1. The molecule has 0 aliphatic carbocycles. The lowest BCUT2D eigenvalue weighted by molar-refractivity contribution is -0.0320. The van der Waals surface area contributed by atoms with Crippen LogP contribution in [-0.4, -0.2) is 58.8 Å². The van der Waals surface area contributed by atoms with E-state index in [4.69, 9.17) is 10.5 Å². The summed E-state index contributed by atoms with van der Waals surface area (Å²) in [5.41, 5.74) is 7.05. The first-order valence-corrected chi connectivity index (χ1v) is 5.56. The molecule has 0 aromatic carbocycles. The number of nitrogens with two attached hydrogens (primary N) is 1. The highest BCUT2D eigenvalue weighted by Gasteiger charge is 2.24. The van der Waals surface area contributed by atoms with Crippen LogP contribution in [-0.2, 0) is 18.2 Å². The molecule has 2 rings (SSSR count). The third-order valence-corrected chi connectivity index (χ3v) is 2.87. The fourth-order valence-corrected chi connectivity index (χ4v) is 1.93. The highest BCUT2D eigenvalue weighted by molar-refractivity contribution is 4.97. The minimum atomic E-state index is -0.0144. The van der Waals surface area contributed by atoms with Crippen LogP contribution in [0.3, 0.4) is 0 Å². The Hall–Kier alpha value is -0.980. The molecular weight excluding hydrogens is 206 g/mol. The van der Waals surface area contributed by atoms with Crippen molar-refractivity contribution in [2.45, 2.75) is 18.6 Å². The number of aromatic nitrogens is 3.